The minimum Gasteiger partial charge on any atom is -0.352 e. The molecule has 2 aliphatic rings. The Kier molecular flexibility index (Phi) is 4.87. The van der Waals surface area contributed by atoms with Crippen LogP contribution in [0, 0.1) is 0 Å². The number of carbonyl (C=O) groups excluding carboxylic acids is 1. The zero-order valence-electron chi connectivity index (χ0n) is 15.4. The molecular weight excluding hydrogens is 324 g/mol. The summed E-state index contributed by atoms with van der Waals surface area (Å²) in [6.07, 6.45) is 4.20. The fourth-order valence-corrected chi connectivity index (χ4v) is 4.09. The molecule has 0 radical (unpaired) electrons. The topological polar surface area (TPSA) is 49.3 Å². The van der Waals surface area contributed by atoms with E-state index in [2.05, 4.69) is 40.2 Å². The van der Waals surface area contributed by atoms with Gasteiger partial charge in [0, 0.05) is 26.2 Å². The van der Waals surface area contributed by atoms with E-state index in [-0.39, 0.29) is 11.8 Å². The van der Waals surface area contributed by atoms with Gasteiger partial charge in [-0.15, -0.1) is 5.10 Å². The second-order valence-corrected chi connectivity index (χ2v) is 7.21. The molecule has 0 spiro atoms. The lowest BCUT2D eigenvalue weighted by molar-refractivity contribution is -0.133. The maximum absolute atomic E-state index is 13.0. The van der Waals surface area contributed by atoms with Gasteiger partial charge in [0.25, 0.3) is 0 Å². The monoisotopic (exact) mass is 350 g/mol. The van der Waals surface area contributed by atoms with Crippen molar-refractivity contribution in [3.63, 3.8) is 0 Å². The third-order valence-corrected chi connectivity index (χ3v) is 5.63. The Morgan fingerprint density at radius 1 is 1.08 bits per heavy atom. The summed E-state index contributed by atoms with van der Waals surface area (Å²) in [7, 11) is 0. The minimum absolute atomic E-state index is 0.0393. The van der Waals surface area contributed by atoms with E-state index in [9.17, 15) is 4.79 Å². The number of fused-ring (bicyclic) bond motifs is 1. The number of aromatic nitrogens is 2. The van der Waals surface area contributed by atoms with E-state index in [1.807, 2.05) is 23.1 Å². The zero-order valence-corrected chi connectivity index (χ0v) is 15.4. The second kappa shape index (κ2) is 7.44. The van der Waals surface area contributed by atoms with Gasteiger partial charge in [-0.05, 0) is 42.9 Å². The minimum atomic E-state index is -0.0393. The molecule has 1 unspecified atom stereocenters. The van der Waals surface area contributed by atoms with Gasteiger partial charge in [0.2, 0.25) is 5.91 Å². The molecule has 1 atom stereocenters. The number of hydrogen-bond acceptors (Lipinski definition) is 4. The van der Waals surface area contributed by atoms with Gasteiger partial charge in [0.15, 0.2) is 5.82 Å². The van der Waals surface area contributed by atoms with Crippen molar-refractivity contribution in [3.8, 4) is 0 Å². The predicted molar refractivity (Wildman–Crippen MR) is 102 cm³/mol. The fourth-order valence-electron chi connectivity index (χ4n) is 4.09. The number of benzene rings is 1. The Balaban J connectivity index is 1.40. The van der Waals surface area contributed by atoms with Crippen LogP contribution in [-0.2, 0) is 17.6 Å². The van der Waals surface area contributed by atoms with E-state index < -0.39 is 0 Å². The number of rotatable bonds is 4. The highest BCUT2D eigenvalue weighted by Gasteiger charge is 2.28. The molecule has 1 aliphatic carbocycles. The maximum atomic E-state index is 13.0. The van der Waals surface area contributed by atoms with Gasteiger partial charge in [-0.25, -0.2) is 0 Å². The standard InChI is InChI=1S/C21H26N4O/c1-2-18(16-7-4-3-5-8-16)21(26)25-13-11-24(12-14-25)20-15-17-9-6-10-19(17)22-23-20/h3-5,7-8,15,18H,2,6,9-14H2,1H3. The lowest BCUT2D eigenvalue weighted by Gasteiger charge is -2.37. The van der Waals surface area contributed by atoms with Crippen molar-refractivity contribution in [2.45, 2.75) is 38.5 Å². The number of anilines is 1. The van der Waals surface area contributed by atoms with E-state index in [1.165, 1.54) is 12.0 Å². The molecule has 26 heavy (non-hydrogen) atoms. The summed E-state index contributed by atoms with van der Waals surface area (Å²) < 4.78 is 0. The Hall–Kier alpha value is -2.43. The van der Waals surface area contributed by atoms with Gasteiger partial charge in [-0.2, -0.15) is 5.10 Å². The molecule has 0 bridgehead atoms. The van der Waals surface area contributed by atoms with Crippen molar-refractivity contribution < 1.29 is 4.79 Å². The number of carbonyl (C=O) groups is 1. The highest BCUT2D eigenvalue weighted by molar-refractivity contribution is 5.84. The van der Waals surface area contributed by atoms with Gasteiger partial charge >= 0.3 is 0 Å². The molecule has 5 heteroatoms. The molecule has 1 aromatic carbocycles. The number of hydrogen-bond donors (Lipinski definition) is 0. The summed E-state index contributed by atoms with van der Waals surface area (Å²) in [4.78, 5) is 17.3. The van der Waals surface area contributed by atoms with Crippen LogP contribution in [-0.4, -0.2) is 47.2 Å². The van der Waals surface area contributed by atoms with Crippen molar-refractivity contribution in [3.05, 3.63) is 53.2 Å². The van der Waals surface area contributed by atoms with Crippen LogP contribution in [0.2, 0.25) is 0 Å². The molecule has 1 amide bonds. The smallest absolute Gasteiger partial charge is 0.230 e. The molecule has 1 saturated heterocycles. The highest BCUT2D eigenvalue weighted by atomic mass is 16.2. The number of aryl methyl sites for hydroxylation is 2. The van der Waals surface area contributed by atoms with E-state index in [0.29, 0.717) is 0 Å². The Morgan fingerprint density at radius 2 is 1.85 bits per heavy atom. The SMILES string of the molecule is CCC(C(=O)N1CCN(c2cc3c(nn2)CCC3)CC1)c1ccccc1. The van der Waals surface area contributed by atoms with Gasteiger partial charge < -0.3 is 9.80 Å². The van der Waals surface area contributed by atoms with Crippen LogP contribution in [0.15, 0.2) is 36.4 Å². The van der Waals surface area contributed by atoms with E-state index >= 15 is 0 Å². The Morgan fingerprint density at radius 3 is 2.58 bits per heavy atom. The highest BCUT2D eigenvalue weighted by Crippen LogP contribution is 2.25. The lowest BCUT2D eigenvalue weighted by atomic mass is 9.95. The summed E-state index contributed by atoms with van der Waals surface area (Å²) in [6, 6.07) is 12.3. The molecule has 136 valence electrons. The molecule has 2 aromatic rings. The van der Waals surface area contributed by atoms with Crippen LogP contribution in [0.1, 0.15) is 42.5 Å². The van der Waals surface area contributed by atoms with Gasteiger partial charge in [0.05, 0.1) is 11.6 Å². The molecule has 1 fully saturated rings. The first-order valence-corrected chi connectivity index (χ1v) is 9.70. The van der Waals surface area contributed by atoms with Gasteiger partial charge in [-0.3, -0.25) is 4.79 Å². The third-order valence-electron chi connectivity index (χ3n) is 5.63. The molecule has 1 aromatic heterocycles. The number of piperazine rings is 1. The lowest BCUT2D eigenvalue weighted by Crippen LogP contribution is -2.50. The quantitative estimate of drug-likeness (QED) is 0.851. The van der Waals surface area contributed by atoms with Crippen molar-refractivity contribution in [2.75, 3.05) is 31.1 Å². The van der Waals surface area contributed by atoms with Crippen LogP contribution in [0.5, 0.6) is 0 Å². The summed E-state index contributed by atoms with van der Waals surface area (Å²) in [5.41, 5.74) is 3.63. The fraction of sp³-hybridized carbons (Fsp3) is 0.476. The van der Waals surface area contributed by atoms with Crippen molar-refractivity contribution in [1.82, 2.24) is 15.1 Å². The van der Waals surface area contributed by atoms with Crippen molar-refractivity contribution >= 4 is 11.7 Å². The first-order valence-electron chi connectivity index (χ1n) is 9.70. The first kappa shape index (κ1) is 17.0. The zero-order chi connectivity index (χ0) is 17.9. The van der Waals surface area contributed by atoms with Crippen LogP contribution in [0.25, 0.3) is 0 Å². The second-order valence-electron chi connectivity index (χ2n) is 7.21. The van der Waals surface area contributed by atoms with Gasteiger partial charge in [-0.1, -0.05) is 37.3 Å². The third kappa shape index (κ3) is 3.30. The summed E-state index contributed by atoms with van der Waals surface area (Å²) in [5.74, 6) is 1.17. The van der Waals surface area contributed by atoms with Crippen LogP contribution in [0.3, 0.4) is 0 Å². The van der Waals surface area contributed by atoms with Crippen LogP contribution >= 0.6 is 0 Å². The molecule has 4 rings (SSSR count). The average molecular weight is 350 g/mol. The molecule has 0 N–H and O–H groups in total. The Labute approximate surface area is 155 Å². The largest absolute Gasteiger partial charge is 0.352 e. The van der Waals surface area contributed by atoms with E-state index in [0.717, 1.165) is 62.5 Å². The van der Waals surface area contributed by atoms with E-state index in [1.54, 1.807) is 0 Å². The molecule has 1 aliphatic heterocycles. The summed E-state index contributed by atoms with van der Waals surface area (Å²) in [6.45, 7) is 5.24. The van der Waals surface area contributed by atoms with E-state index in [4.69, 9.17) is 0 Å². The van der Waals surface area contributed by atoms with Crippen molar-refractivity contribution in [2.24, 2.45) is 0 Å². The number of amides is 1. The van der Waals surface area contributed by atoms with Crippen LogP contribution in [0.4, 0.5) is 5.82 Å². The first-order chi connectivity index (χ1) is 12.8. The van der Waals surface area contributed by atoms with Gasteiger partial charge in [0.1, 0.15) is 0 Å². The predicted octanol–water partition coefficient (Wildman–Crippen LogP) is 2.81. The van der Waals surface area contributed by atoms with Crippen LogP contribution < -0.4 is 4.90 Å². The average Bonchev–Trinajstić information content (AvgIpc) is 3.17. The number of nitrogens with zero attached hydrogens (tertiary/aromatic N) is 4. The Bertz CT molecular complexity index is 769. The molecule has 2 heterocycles. The molecular formula is C21H26N4O. The summed E-state index contributed by atoms with van der Waals surface area (Å²) >= 11 is 0. The maximum Gasteiger partial charge on any atom is 0.230 e. The summed E-state index contributed by atoms with van der Waals surface area (Å²) in [5, 5.41) is 8.81. The molecule has 0 saturated carbocycles. The molecule has 5 nitrogen and oxygen atoms in total. The normalized spacial score (nSPS) is 17.9. The van der Waals surface area contributed by atoms with Crippen molar-refractivity contribution in [1.29, 1.82) is 0 Å².